The summed E-state index contributed by atoms with van der Waals surface area (Å²) in [5.74, 6) is 0.188. The van der Waals surface area contributed by atoms with Crippen molar-refractivity contribution in [2.24, 2.45) is 0 Å². The first-order valence-electron chi connectivity index (χ1n) is 7.64. The van der Waals surface area contributed by atoms with Gasteiger partial charge in [0.25, 0.3) is 11.8 Å². The highest BCUT2D eigenvalue weighted by Gasteiger charge is 2.20. The molecule has 0 saturated heterocycles. The number of carbonyl (C=O) groups excluding carboxylic acids is 2. The number of rotatable bonds is 6. The largest absolute Gasteiger partial charge is 0.372 e. The van der Waals surface area contributed by atoms with E-state index in [1.165, 1.54) is 17.2 Å². The minimum Gasteiger partial charge on any atom is -0.372 e. The number of benzene rings is 1. The fourth-order valence-corrected chi connectivity index (χ4v) is 2.33. The van der Waals surface area contributed by atoms with E-state index < -0.39 is 0 Å². The number of amides is 2. The number of carbonyl (C=O) groups is 2. The van der Waals surface area contributed by atoms with Crippen LogP contribution in [0.4, 0.5) is 0 Å². The normalized spacial score (nSPS) is 14.7. The molecule has 0 atom stereocenters. The van der Waals surface area contributed by atoms with Gasteiger partial charge in [0.05, 0.1) is 13.2 Å². The molecule has 0 unspecified atom stereocenters. The molecule has 1 heterocycles. The van der Waals surface area contributed by atoms with Crippen LogP contribution in [-0.4, -0.2) is 18.4 Å². The molecule has 0 aliphatic carbocycles. The molecule has 4 heteroatoms. The van der Waals surface area contributed by atoms with Crippen LogP contribution in [0.3, 0.4) is 0 Å². The summed E-state index contributed by atoms with van der Waals surface area (Å²) in [5, 5.41) is 2.21. The van der Waals surface area contributed by atoms with Crippen LogP contribution in [-0.2, 0) is 20.9 Å². The maximum atomic E-state index is 11.4. The minimum atomic E-state index is -0.368. The molecule has 0 fully saturated rings. The van der Waals surface area contributed by atoms with Gasteiger partial charge in [0.1, 0.15) is 0 Å². The summed E-state index contributed by atoms with van der Waals surface area (Å²) >= 11 is 0. The Kier molecular flexibility index (Phi) is 5.14. The van der Waals surface area contributed by atoms with Gasteiger partial charge in [-0.25, -0.2) is 0 Å². The molecule has 1 aliphatic rings. The van der Waals surface area contributed by atoms with E-state index in [0.29, 0.717) is 24.0 Å². The van der Waals surface area contributed by atoms with Crippen molar-refractivity contribution in [2.45, 2.75) is 46.1 Å². The zero-order valence-corrected chi connectivity index (χ0v) is 13.6. The number of imide groups is 1. The predicted molar refractivity (Wildman–Crippen MR) is 85.5 cm³/mol. The van der Waals surface area contributed by atoms with E-state index in [9.17, 15) is 9.59 Å². The lowest BCUT2D eigenvalue weighted by atomic mass is 9.93. The van der Waals surface area contributed by atoms with Crippen LogP contribution in [0.25, 0.3) is 0 Å². The standard InChI is InChI=1S/C18H23NO3/c1-11(2)14-5-13(6-15(7-14)12(3)4)9-22-10-16-8-17(20)19-18(16)21/h5-8,11-12H,9-10H2,1-4H3,(H,19,20,21). The van der Waals surface area contributed by atoms with Crippen molar-refractivity contribution in [2.75, 3.05) is 6.61 Å². The summed E-state index contributed by atoms with van der Waals surface area (Å²) in [6.07, 6.45) is 1.30. The molecule has 0 radical (unpaired) electrons. The molecule has 22 heavy (non-hydrogen) atoms. The summed E-state index contributed by atoms with van der Waals surface area (Å²) < 4.78 is 5.61. The first-order chi connectivity index (χ1) is 10.4. The molecule has 1 aliphatic heterocycles. The van der Waals surface area contributed by atoms with Crippen LogP contribution >= 0.6 is 0 Å². The maximum absolute atomic E-state index is 11.4. The molecule has 2 amide bonds. The van der Waals surface area contributed by atoms with Gasteiger partial charge in [-0.2, -0.15) is 0 Å². The lowest BCUT2D eigenvalue weighted by Gasteiger charge is -2.14. The molecule has 0 aromatic heterocycles. The van der Waals surface area contributed by atoms with Gasteiger partial charge >= 0.3 is 0 Å². The topological polar surface area (TPSA) is 55.4 Å². The molecular formula is C18H23NO3. The number of ether oxygens (including phenoxy) is 1. The fraction of sp³-hybridized carbons (Fsp3) is 0.444. The Hall–Kier alpha value is -1.94. The maximum Gasteiger partial charge on any atom is 0.256 e. The third-order valence-corrected chi connectivity index (χ3v) is 3.73. The lowest BCUT2D eigenvalue weighted by Crippen LogP contribution is -2.23. The zero-order valence-electron chi connectivity index (χ0n) is 13.6. The van der Waals surface area contributed by atoms with Gasteiger partial charge < -0.3 is 4.74 Å². The molecule has 1 aromatic rings. The molecular weight excluding hydrogens is 278 g/mol. The monoisotopic (exact) mass is 301 g/mol. The van der Waals surface area contributed by atoms with Gasteiger partial charge in [-0.15, -0.1) is 0 Å². The van der Waals surface area contributed by atoms with E-state index in [1.54, 1.807) is 0 Å². The molecule has 0 bridgehead atoms. The predicted octanol–water partition coefficient (Wildman–Crippen LogP) is 3.03. The zero-order chi connectivity index (χ0) is 16.3. The van der Waals surface area contributed by atoms with Crippen LogP contribution in [0, 0.1) is 0 Å². The summed E-state index contributed by atoms with van der Waals surface area (Å²) in [6.45, 7) is 9.26. The van der Waals surface area contributed by atoms with Gasteiger partial charge in [0.15, 0.2) is 0 Å². The second-order valence-electron chi connectivity index (χ2n) is 6.30. The second kappa shape index (κ2) is 6.88. The number of nitrogens with one attached hydrogen (secondary N) is 1. The molecule has 1 N–H and O–H groups in total. The summed E-state index contributed by atoms with van der Waals surface area (Å²) in [4.78, 5) is 22.5. The highest BCUT2D eigenvalue weighted by molar-refractivity contribution is 6.16. The molecule has 0 spiro atoms. The second-order valence-corrected chi connectivity index (χ2v) is 6.30. The summed E-state index contributed by atoms with van der Waals surface area (Å²) in [7, 11) is 0. The summed E-state index contributed by atoms with van der Waals surface area (Å²) in [5.41, 5.74) is 4.06. The molecule has 2 rings (SSSR count). The number of hydrogen-bond donors (Lipinski definition) is 1. The Morgan fingerprint density at radius 3 is 2.00 bits per heavy atom. The SMILES string of the molecule is CC(C)c1cc(COCC2=CC(=O)NC2=O)cc(C(C)C)c1. The molecule has 1 aromatic carbocycles. The minimum absolute atomic E-state index is 0.153. The number of hydrogen-bond acceptors (Lipinski definition) is 3. The van der Waals surface area contributed by atoms with Gasteiger partial charge in [-0.05, 0) is 28.5 Å². The van der Waals surface area contributed by atoms with Gasteiger partial charge in [0, 0.05) is 11.6 Å². The van der Waals surface area contributed by atoms with Crippen LogP contribution in [0.15, 0.2) is 29.8 Å². The first-order valence-corrected chi connectivity index (χ1v) is 7.64. The molecule has 118 valence electrons. The quantitative estimate of drug-likeness (QED) is 0.822. The smallest absolute Gasteiger partial charge is 0.256 e. The third kappa shape index (κ3) is 4.04. The van der Waals surface area contributed by atoms with E-state index in [1.807, 2.05) is 0 Å². The first kappa shape index (κ1) is 16.4. The van der Waals surface area contributed by atoms with Crippen molar-refractivity contribution in [1.29, 1.82) is 0 Å². The van der Waals surface area contributed by atoms with E-state index in [4.69, 9.17) is 4.74 Å². The average Bonchev–Trinajstić information content (AvgIpc) is 2.76. The van der Waals surface area contributed by atoms with Crippen molar-refractivity contribution < 1.29 is 14.3 Å². The third-order valence-electron chi connectivity index (χ3n) is 3.73. The van der Waals surface area contributed by atoms with E-state index in [2.05, 4.69) is 51.2 Å². The van der Waals surface area contributed by atoms with E-state index in [-0.39, 0.29) is 18.4 Å². The van der Waals surface area contributed by atoms with E-state index >= 15 is 0 Å². The average molecular weight is 301 g/mol. The Balaban J connectivity index is 2.04. The fourth-order valence-electron chi connectivity index (χ4n) is 2.33. The molecule has 0 saturated carbocycles. The van der Waals surface area contributed by atoms with Crippen LogP contribution in [0.2, 0.25) is 0 Å². The van der Waals surface area contributed by atoms with Crippen LogP contribution in [0.1, 0.15) is 56.2 Å². The van der Waals surface area contributed by atoms with Crippen molar-refractivity contribution >= 4 is 11.8 Å². The van der Waals surface area contributed by atoms with Crippen molar-refractivity contribution in [3.05, 3.63) is 46.5 Å². The van der Waals surface area contributed by atoms with Crippen molar-refractivity contribution in [3.8, 4) is 0 Å². The van der Waals surface area contributed by atoms with Crippen molar-refractivity contribution in [1.82, 2.24) is 5.32 Å². The highest BCUT2D eigenvalue weighted by Crippen LogP contribution is 2.24. The van der Waals surface area contributed by atoms with Crippen molar-refractivity contribution in [3.63, 3.8) is 0 Å². The van der Waals surface area contributed by atoms with Crippen LogP contribution < -0.4 is 5.32 Å². The van der Waals surface area contributed by atoms with Gasteiger partial charge in [-0.3, -0.25) is 14.9 Å². The van der Waals surface area contributed by atoms with Gasteiger partial charge in [-0.1, -0.05) is 45.9 Å². The summed E-state index contributed by atoms with van der Waals surface area (Å²) in [6, 6.07) is 6.53. The lowest BCUT2D eigenvalue weighted by molar-refractivity contribution is -0.124. The van der Waals surface area contributed by atoms with E-state index in [0.717, 1.165) is 5.56 Å². The van der Waals surface area contributed by atoms with Crippen LogP contribution in [0.5, 0.6) is 0 Å². The van der Waals surface area contributed by atoms with Gasteiger partial charge in [0.2, 0.25) is 0 Å². The Morgan fingerprint density at radius 2 is 1.55 bits per heavy atom. The Bertz CT molecular complexity index is 589. The highest BCUT2D eigenvalue weighted by atomic mass is 16.5. The Labute approximate surface area is 131 Å². The Morgan fingerprint density at radius 1 is 0.955 bits per heavy atom. The molecule has 4 nitrogen and oxygen atoms in total.